The summed E-state index contributed by atoms with van der Waals surface area (Å²) in [5, 5.41) is 14.1. The molecule has 0 heterocycles. The van der Waals surface area contributed by atoms with Gasteiger partial charge in [0.05, 0.1) is 0 Å². The van der Waals surface area contributed by atoms with Crippen molar-refractivity contribution in [2.24, 2.45) is 11.5 Å². The van der Waals surface area contributed by atoms with Crippen LogP contribution in [0.3, 0.4) is 0 Å². The molecule has 0 fully saturated rings. The van der Waals surface area contributed by atoms with Crippen LogP contribution in [0.25, 0.3) is 0 Å². The van der Waals surface area contributed by atoms with Crippen molar-refractivity contribution < 1.29 is 10.2 Å². The van der Waals surface area contributed by atoms with Gasteiger partial charge in [0.15, 0.2) is 0 Å². The fourth-order valence-electron chi connectivity index (χ4n) is 0.714. The van der Waals surface area contributed by atoms with Crippen molar-refractivity contribution >= 4 is 86.2 Å². The van der Waals surface area contributed by atoms with Gasteiger partial charge in [-0.15, -0.1) is 0 Å². The van der Waals surface area contributed by atoms with Crippen LogP contribution in [0, 0.1) is 0 Å². The molecule has 0 aliphatic carbocycles. The van der Waals surface area contributed by atoms with Gasteiger partial charge in [0.1, 0.15) is 0 Å². The molecule has 0 saturated heterocycles. The van der Waals surface area contributed by atoms with Crippen LogP contribution >= 0.6 is 24.4 Å². The molecule has 0 aliphatic rings. The Balaban J connectivity index is -0.000000189. The fraction of sp³-hybridized carbons (Fsp3) is 0.200. The van der Waals surface area contributed by atoms with Crippen molar-refractivity contribution in [1.29, 1.82) is 0 Å². The Kier molecular flexibility index (Phi) is 21.4. The van der Waals surface area contributed by atoms with E-state index in [4.69, 9.17) is 10.2 Å². The van der Waals surface area contributed by atoms with Gasteiger partial charge in [-0.1, -0.05) is 37.3 Å². The van der Waals surface area contributed by atoms with Crippen molar-refractivity contribution in [3.8, 4) is 0 Å². The van der Waals surface area contributed by atoms with E-state index in [1.807, 2.05) is 6.07 Å². The van der Waals surface area contributed by atoms with Gasteiger partial charge in [-0.05, 0) is 36.4 Å². The number of hydrogen-bond acceptors (Lipinski definition) is 2. The number of rotatable bonds is 1. The van der Waals surface area contributed by atoms with Gasteiger partial charge in [0, 0.05) is 0 Å². The van der Waals surface area contributed by atoms with Crippen LogP contribution < -0.4 is 11.5 Å². The van der Waals surface area contributed by atoms with Crippen LogP contribution in [-0.4, -0.2) is 71.9 Å². The number of benzene rings is 1. The van der Waals surface area contributed by atoms with Gasteiger partial charge < -0.3 is 21.7 Å². The Labute approximate surface area is 155 Å². The Morgan fingerprint density at radius 3 is 1.53 bits per heavy atom. The van der Waals surface area contributed by atoms with Gasteiger partial charge in [-0.25, -0.2) is 0 Å². The zero-order valence-corrected chi connectivity index (χ0v) is 10.6. The third kappa shape index (κ3) is 31.4. The number of aliphatic hydroxyl groups excluding tert-OH is 2. The first-order valence-electron chi connectivity index (χ1n) is 4.40. The topological polar surface area (TPSA) is 92.5 Å². The van der Waals surface area contributed by atoms with Crippen LogP contribution in [0.4, 0.5) is 0 Å². The molecule has 1 rings (SSSR count). The molecule has 7 heteroatoms. The second-order valence-corrected chi connectivity index (χ2v) is 3.35. The normalized spacial score (nSPS) is 7.12. The van der Waals surface area contributed by atoms with Crippen LogP contribution in [0.2, 0.25) is 0 Å². The summed E-state index contributed by atoms with van der Waals surface area (Å²) in [5.41, 5.74) is 10.2. The van der Waals surface area contributed by atoms with E-state index < -0.39 is 10.3 Å². The van der Waals surface area contributed by atoms with Crippen LogP contribution in [0.15, 0.2) is 30.3 Å². The molecule has 0 unspecified atom stereocenters. The third-order valence-electron chi connectivity index (χ3n) is 1.25. The molecule has 6 N–H and O–H groups in total. The van der Waals surface area contributed by atoms with Gasteiger partial charge in [0.25, 0.3) is 10.3 Å². The molecule has 0 amide bonds. The van der Waals surface area contributed by atoms with E-state index >= 15 is 0 Å². The third-order valence-corrected chi connectivity index (χ3v) is 1.25. The molecule has 0 spiro atoms. The Morgan fingerprint density at radius 1 is 1.06 bits per heavy atom. The molecule has 1 aromatic carbocycles. The summed E-state index contributed by atoms with van der Waals surface area (Å²) in [6.45, 7) is 2.16. The molecule has 0 atom stereocenters. The minimum absolute atomic E-state index is 0. The summed E-state index contributed by atoms with van der Waals surface area (Å²) in [4.78, 5) is 0. The molecule has 1 aromatic rings. The maximum atomic E-state index is 7.56. The Hall–Kier alpha value is 0.236. The number of nitrogens with two attached hydrogens (primary N) is 2. The molecular weight excluding hydrogens is 283 g/mol. The first-order chi connectivity index (χ1) is 7.40. The summed E-state index contributed by atoms with van der Waals surface area (Å²) in [5.74, 6) is 0. The zero-order valence-electron chi connectivity index (χ0n) is 8.96. The summed E-state index contributed by atoms with van der Waals surface area (Å²) in [6, 6.07) is 10.5. The van der Waals surface area contributed by atoms with Crippen LogP contribution in [-0.2, 0) is 6.42 Å². The van der Waals surface area contributed by atoms with E-state index in [1.54, 1.807) is 0 Å². The summed E-state index contributed by atoms with van der Waals surface area (Å²) in [7, 11) is 0. The number of hydrogen-bond donors (Lipinski definition) is 4. The van der Waals surface area contributed by atoms with Gasteiger partial charge in [-0.2, -0.15) is 0 Å². The monoisotopic (exact) mass is 300 g/mol. The van der Waals surface area contributed by atoms with Gasteiger partial charge >= 0.3 is 51.4 Å². The van der Waals surface area contributed by atoms with Crippen molar-refractivity contribution in [3.05, 3.63) is 35.9 Å². The van der Waals surface area contributed by atoms with Gasteiger partial charge in [-0.3, -0.25) is 0 Å². The van der Waals surface area contributed by atoms with Crippen molar-refractivity contribution in [2.75, 3.05) is 0 Å². The standard InChI is InChI=1S/C8H10.2CH3NOS.K.H/c1-2-8-6-4-3-5-7-8;2*2-1(3)4;;/h3-7H,2H2,1H3;2*(H3,2,3,4);;. The van der Waals surface area contributed by atoms with E-state index in [1.165, 1.54) is 5.56 Å². The molecule has 0 bridgehead atoms. The average Bonchev–Trinajstić information content (AvgIpc) is 2.17. The molecule has 0 radical (unpaired) electrons. The van der Waals surface area contributed by atoms with Crippen molar-refractivity contribution in [2.45, 2.75) is 13.3 Å². The average molecular weight is 300 g/mol. The predicted octanol–water partition coefficient (Wildman–Crippen LogP) is 1.18. The van der Waals surface area contributed by atoms with Crippen molar-refractivity contribution in [1.82, 2.24) is 0 Å². The van der Waals surface area contributed by atoms with E-state index in [9.17, 15) is 0 Å². The minimum atomic E-state index is -0.500. The van der Waals surface area contributed by atoms with Crippen molar-refractivity contribution in [3.63, 3.8) is 0 Å². The summed E-state index contributed by atoms with van der Waals surface area (Å²) in [6.07, 6.45) is 1.14. The molecule has 0 aliphatic heterocycles. The van der Waals surface area contributed by atoms with E-state index in [0.29, 0.717) is 0 Å². The van der Waals surface area contributed by atoms with E-state index in [2.05, 4.69) is 67.1 Å². The molecular formula is C10H17KN2O2S2. The van der Waals surface area contributed by atoms with Gasteiger partial charge in [0.2, 0.25) is 0 Å². The predicted molar refractivity (Wildman–Crippen MR) is 81.8 cm³/mol. The summed E-state index contributed by atoms with van der Waals surface area (Å²) < 4.78 is 0. The van der Waals surface area contributed by atoms with E-state index in [0.717, 1.165) is 6.42 Å². The molecule has 17 heavy (non-hydrogen) atoms. The number of thiocarbonyl (C=S) groups is 2. The quantitative estimate of drug-likeness (QED) is 0.460. The molecule has 0 saturated carbocycles. The molecule has 0 aromatic heterocycles. The fourth-order valence-corrected chi connectivity index (χ4v) is 0.714. The number of aliphatic hydroxyl groups is 2. The second-order valence-electron chi connectivity index (χ2n) is 2.52. The SMILES string of the molecule is CCc1ccccc1.NC(O)=S.NC(O)=S.[KH]. The Bertz CT molecular complexity index is 290. The first kappa shape index (κ1) is 22.4. The number of aryl methyl sites for hydroxylation is 1. The second kappa shape index (κ2) is 16.2. The van der Waals surface area contributed by atoms with Crippen LogP contribution in [0.5, 0.6) is 0 Å². The zero-order chi connectivity index (χ0) is 13.0. The molecule has 92 valence electrons. The van der Waals surface area contributed by atoms with Crippen LogP contribution in [0.1, 0.15) is 12.5 Å². The first-order valence-corrected chi connectivity index (χ1v) is 5.22. The molecule has 4 nitrogen and oxygen atoms in total. The summed E-state index contributed by atoms with van der Waals surface area (Å²) >= 11 is 7.74. The Morgan fingerprint density at radius 2 is 1.35 bits per heavy atom. The van der Waals surface area contributed by atoms with E-state index in [-0.39, 0.29) is 51.4 Å². The maximum absolute atomic E-state index is 7.56.